The Hall–Kier alpha value is -0.970. The number of piperazine rings is 1. The molecule has 0 spiro atoms. The molecule has 4 heteroatoms. The van der Waals surface area contributed by atoms with E-state index in [1.165, 1.54) is 11.1 Å². The van der Waals surface area contributed by atoms with Crippen LogP contribution in [-0.2, 0) is 6.42 Å². The molecule has 1 aromatic rings. The number of halogens is 1. The van der Waals surface area contributed by atoms with Crippen molar-refractivity contribution in [1.82, 2.24) is 15.3 Å². The summed E-state index contributed by atoms with van der Waals surface area (Å²) in [6.45, 7) is 4.33. The van der Waals surface area contributed by atoms with E-state index in [0.29, 0.717) is 6.04 Å². The van der Waals surface area contributed by atoms with Crippen molar-refractivity contribution in [3.63, 3.8) is 0 Å². The van der Waals surface area contributed by atoms with Crippen molar-refractivity contribution in [2.24, 2.45) is 0 Å². The fraction of sp³-hybridized carbons (Fsp3) is 0.571. The molecule has 0 amide bonds. The molecule has 0 saturated carbocycles. The maximum absolute atomic E-state index is 13.2. The summed E-state index contributed by atoms with van der Waals surface area (Å²) in [5.41, 5.74) is 6.04. The van der Waals surface area contributed by atoms with Gasteiger partial charge in [0.15, 0.2) is 0 Å². The van der Waals surface area contributed by atoms with E-state index >= 15 is 0 Å². The summed E-state index contributed by atoms with van der Waals surface area (Å²) in [6, 6.07) is 5.55. The van der Waals surface area contributed by atoms with Crippen LogP contribution in [0.4, 0.5) is 4.39 Å². The Bertz CT molecular complexity index is 427. The zero-order chi connectivity index (χ0) is 12.5. The van der Waals surface area contributed by atoms with Crippen LogP contribution in [0, 0.1) is 5.82 Å². The molecule has 1 atom stereocenters. The number of nitrogens with one attached hydrogen (secondary N) is 1. The summed E-state index contributed by atoms with van der Waals surface area (Å²) in [4.78, 5) is 2.34. The number of benzene rings is 1. The first-order valence-electron chi connectivity index (χ1n) is 6.70. The minimum absolute atomic E-state index is 0.117. The average molecular weight is 249 g/mol. The third kappa shape index (κ3) is 2.41. The number of hydrogen-bond acceptors (Lipinski definition) is 3. The van der Waals surface area contributed by atoms with Gasteiger partial charge in [0, 0.05) is 32.2 Å². The van der Waals surface area contributed by atoms with E-state index in [1.807, 2.05) is 6.07 Å². The second-order valence-electron chi connectivity index (χ2n) is 5.35. The number of aryl methyl sites for hydroxylation is 1. The quantitative estimate of drug-likeness (QED) is 0.858. The molecular weight excluding hydrogens is 229 g/mol. The Morgan fingerprint density at radius 3 is 2.78 bits per heavy atom. The van der Waals surface area contributed by atoms with Crippen LogP contribution < -0.4 is 5.43 Å². The van der Waals surface area contributed by atoms with Crippen LogP contribution >= 0.6 is 0 Å². The minimum Gasteiger partial charge on any atom is -0.304 e. The number of hydrazine groups is 1. The van der Waals surface area contributed by atoms with Gasteiger partial charge in [0.25, 0.3) is 0 Å². The monoisotopic (exact) mass is 249 g/mol. The lowest BCUT2D eigenvalue weighted by Gasteiger charge is -2.34. The van der Waals surface area contributed by atoms with Crippen molar-refractivity contribution in [2.75, 3.05) is 33.2 Å². The Morgan fingerprint density at radius 2 is 2.00 bits per heavy atom. The van der Waals surface area contributed by atoms with Gasteiger partial charge in [0.2, 0.25) is 0 Å². The van der Waals surface area contributed by atoms with E-state index in [9.17, 15) is 4.39 Å². The SMILES string of the molecule is CN1CCN(NC2CCc3cc(F)ccc32)CC1. The average Bonchev–Trinajstić information content (AvgIpc) is 2.74. The van der Waals surface area contributed by atoms with Gasteiger partial charge >= 0.3 is 0 Å². The van der Waals surface area contributed by atoms with Crippen molar-refractivity contribution in [1.29, 1.82) is 0 Å². The molecule has 1 fully saturated rings. The molecule has 98 valence electrons. The maximum atomic E-state index is 13.2. The first-order valence-corrected chi connectivity index (χ1v) is 6.70. The van der Waals surface area contributed by atoms with Crippen LogP contribution in [0.2, 0.25) is 0 Å². The Kier molecular flexibility index (Phi) is 3.33. The Balaban J connectivity index is 1.66. The number of fused-ring (bicyclic) bond motifs is 1. The normalized spacial score (nSPS) is 25.3. The second kappa shape index (κ2) is 4.96. The lowest BCUT2D eigenvalue weighted by molar-refractivity contribution is 0.0868. The number of hydrogen-bond donors (Lipinski definition) is 1. The van der Waals surface area contributed by atoms with Gasteiger partial charge < -0.3 is 4.90 Å². The fourth-order valence-corrected chi connectivity index (χ4v) is 2.88. The molecule has 1 aromatic carbocycles. The van der Waals surface area contributed by atoms with Gasteiger partial charge in [-0.15, -0.1) is 0 Å². The Morgan fingerprint density at radius 1 is 1.22 bits per heavy atom. The fourth-order valence-electron chi connectivity index (χ4n) is 2.88. The molecule has 2 aliphatic rings. The van der Waals surface area contributed by atoms with Crippen LogP contribution in [0.15, 0.2) is 18.2 Å². The van der Waals surface area contributed by atoms with Gasteiger partial charge in [0.1, 0.15) is 5.82 Å². The third-order valence-electron chi connectivity index (χ3n) is 4.02. The third-order valence-corrected chi connectivity index (χ3v) is 4.02. The largest absolute Gasteiger partial charge is 0.304 e. The molecule has 0 bridgehead atoms. The molecule has 18 heavy (non-hydrogen) atoms. The van der Waals surface area contributed by atoms with Gasteiger partial charge in [-0.05, 0) is 43.1 Å². The van der Waals surface area contributed by atoms with Crippen LogP contribution in [0.1, 0.15) is 23.6 Å². The van der Waals surface area contributed by atoms with E-state index < -0.39 is 0 Å². The molecule has 0 radical (unpaired) electrons. The highest BCUT2D eigenvalue weighted by atomic mass is 19.1. The summed E-state index contributed by atoms with van der Waals surface area (Å²) in [5.74, 6) is -0.117. The molecule has 1 heterocycles. The number of likely N-dealkylation sites (N-methyl/N-ethyl adjacent to an activating group) is 1. The zero-order valence-electron chi connectivity index (χ0n) is 10.8. The molecule has 3 nitrogen and oxygen atoms in total. The molecular formula is C14H20FN3. The van der Waals surface area contributed by atoms with E-state index in [-0.39, 0.29) is 5.82 Å². The van der Waals surface area contributed by atoms with Crippen LogP contribution in [0.3, 0.4) is 0 Å². The molecule has 1 saturated heterocycles. The topological polar surface area (TPSA) is 18.5 Å². The summed E-state index contributed by atoms with van der Waals surface area (Å²) in [6.07, 6.45) is 2.06. The van der Waals surface area contributed by atoms with Crippen LogP contribution in [-0.4, -0.2) is 43.1 Å². The van der Waals surface area contributed by atoms with Gasteiger partial charge in [-0.1, -0.05) is 6.07 Å². The minimum atomic E-state index is -0.117. The highest BCUT2D eigenvalue weighted by Crippen LogP contribution is 2.31. The highest BCUT2D eigenvalue weighted by Gasteiger charge is 2.25. The number of rotatable bonds is 2. The van der Waals surface area contributed by atoms with Crippen molar-refractivity contribution >= 4 is 0 Å². The van der Waals surface area contributed by atoms with Gasteiger partial charge in [-0.2, -0.15) is 0 Å². The molecule has 1 N–H and O–H groups in total. The smallest absolute Gasteiger partial charge is 0.123 e. The van der Waals surface area contributed by atoms with E-state index in [4.69, 9.17) is 0 Å². The summed E-state index contributed by atoms with van der Waals surface area (Å²) < 4.78 is 13.2. The maximum Gasteiger partial charge on any atom is 0.123 e. The predicted molar refractivity (Wildman–Crippen MR) is 69.7 cm³/mol. The lowest BCUT2D eigenvalue weighted by atomic mass is 10.1. The van der Waals surface area contributed by atoms with Crippen molar-refractivity contribution in [2.45, 2.75) is 18.9 Å². The number of nitrogens with zero attached hydrogens (tertiary/aromatic N) is 2. The van der Waals surface area contributed by atoms with E-state index in [2.05, 4.69) is 22.4 Å². The van der Waals surface area contributed by atoms with E-state index in [1.54, 1.807) is 12.1 Å². The summed E-state index contributed by atoms with van der Waals surface area (Å²) in [7, 11) is 2.16. The predicted octanol–water partition coefficient (Wildman–Crippen LogP) is 1.56. The van der Waals surface area contributed by atoms with Crippen molar-refractivity contribution < 1.29 is 4.39 Å². The molecule has 1 aliphatic heterocycles. The van der Waals surface area contributed by atoms with Crippen molar-refractivity contribution in [3.05, 3.63) is 35.1 Å². The highest BCUT2D eigenvalue weighted by molar-refractivity contribution is 5.34. The van der Waals surface area contributed by atoms with Crippen LogP contribution in [0.25, 0.3) is 0 Å². The first-order chi connectivity index (χ1) is 8.72. The molecule has 3 rings (SSSR count). The molecule has 0 aromatic heterocycles. The summed E-state index contributed by atoms with van der Waals surface area (Å²) in [5, 5.41) is 2.31. The van der Waals surface area contributed by atoms with E-state index in [0.717, 1.165) is 39.0 Å². The molecule has 1 aliphatic carbocycles. The van der Waals surface area contributed by atoms with Crippen LogP contribution in [0.5, 0.6) is 0 Å². The lowest BCUT2D eigenvalue weighted by Crippen LogP contribution is -2.51. The van der Waals surface area contributed by atoms with Gasteiger partial charge in [0.05, 0.1) is 0 Å². The van der Waals surface area contributed by atoms with Gasteiger partial charge in [-0.3, -0.25) is 0 Å². The van der Waals surface area contributed by atoms with Gasteiger partial charge in [-0.25, -0.2) is 14.8 Å². The summed E-state index contributed by atoms with van der Waals surface area (Å²) >= 11 is 0. The standard InChI is InChI=1S/C14H20FN3/c1-17-6-8-18(9-7-17)16-14-5-2-11-10-12(15)3-4-13(11)14/h3-4,10,14,16H,2,5-9H2,1H3. The molecule has 1 unspecified atom stereocenters. The zero-order valence-corrected chi connectivity index (χ0v) is 10.8. The Labute approximate surface area is 108 Å². The van der Waals surface area contributed by atoms with Crippen molar-refractivity contribution in [3.8, 4) is 0 Å². The first kappa shape index (κ1) is 12.1. The second-order valence-corrected chi connectivity index (χ2v) is 5.35.